The summed E-state index contributed by atoms with van der Waals surface area (Å²) in [6, 6.07) is 8.31. The number of aromatic nitrogens is 6. The van der Waals surface area contributed by atoms with Crippen molar-refractivity contribution >= 4 is 22.6 Å². The first-order valence-electron chi connectivity index (χ1n) is 8.28. The summed E-state index contributed by atoms with van der Waals surface area (Å²) < 4.78 is 3.86. The second-order valence-electron chi connectivity index (χ2n) is 6.14. The minimum Gasteiger partial charge on any atom is -0.321 e. The molecule has 0 aliphatic carbocycles. The fourth-order valence-electron chi connectivity index (χ4n) is 2.84. The van der Waals surface area contributed by atoms with Gasteiger partial charge in [0.2, 0.25) is 0 Å². The summed E-state index contributed by atoms with van der Waals surface area (Å²) in [5.41, 5.74) is 0.869. The molecule has 10 heteroatoms. The van der Waals surface area contributed by atoms with Crippen LogP contribution in [-0.2, 0) is 14.1 Å². The fourth-order valence-corrected chi connectivity index (χ4v) is 2.84. The van der Waals surface area contributed by atoms with E-state index in [1.54, 1.807) is 35.3 Å². The summed E-state index contributed by atoms with van der Waals surface area (Å²) >= 11 is 0. The minimum atomic E-state index is -0.473. The lowest BCUT2D eigenvalue weighted by Gasteiger charge is -2.09. The second kappa shape index (κ2) is 6.58. The summed E-state index contributed by atoms with van der Waals surface area (Å²) in [5.74, 6) is -0.354. The van der Waals surface area contributed by atoms with Crippen molar-refractivity contribution in [3.05, 3.63) is 75.6 Å². The molecule has 0 aliphatic rings. The van der Waals surface area contributed by atoms with E-state index in [9.17, 15) is 14.4 Å². The molecule has 0 atom stereocenters. The van der Waals surface area contributed by atoms with Crippen molar-refractivity contribution in [2.24, 2.45) is 14.1 Å². The summed E-state index contributed by atoms with van der Waals surface area (Å²) in [7, 11) is 2.93. The molecule has 10 nitrogen and oxygen atoms in total. The number of carbonyl (C=O) groups is 1. The van der Waals surface area contributed by atoms with E-state index in [2.05, 4.69) is 20.4 Å². The fraction of sp³-hybridized carbons (Fsp3) is 0.111. The van der Waals surface area contributed by atoms with Gasteiger partial charge in [0.05, 0.1) is 23.0 Å². The van der Waals surface area contributed by atoms with Crippen LogP contribution in [0.2, 0.25) is 0 Å². The number of aryl methyl sites for hydroxylation is 1. The molecule has 4 aromatic rings. The molecule has 3 aromatic heterocycles. The van der Waals surface area contributed by atoms with Crippen molar-refractivity contribution < 1.29 is 4.79 Å². The number of carbonyl (C=O) groups excluding carboxylic acids is 1. The summed E-state index contributed by atoms with van der Waals surface area (Å²) in [6.07, 6.45) is 4.39. The van der Waals surface area contributed by atoms with Gasteiger partial charge in [0.25, 0.3) is 11.5 Å². The van der Waals surface area contributed by atoms with Crippen molar-refractivity contribution in [1.29, 1.82) is 0 Å². The number of fused-ring (bicyclic) bond motifs is 1. The van der Waals surface area contributed by atoms with Crippen LogP contribution in [0, 0.1) is 0 Å². The molecule has 1 aromatic carbocycles. The highest BCUT2D eigenvalue weighted by Gasteiger charge is 2.12. The molecule has 3 heterocycles. The van der Waals surface area contributed by atoms with E-state index in [-0.39, 0.29) is 16.9 Å². The Morgan fingerprint density at radius 2 is 1.82 bits per heavy atom. The lowest BCUT2D eigenvalue weighted by atomic mass is 10.2. The number of nitrogens with zero attached hydrogens (tertiary/aromatic N) is 6. The Hall–Kier alpha value is -4.08. The van der Waals surface area contributed by atoms with Crippen LogP contribution in [0.4, 0.5) is 5.69 Å². The molecular formula is C18H15N7O3. The summed E-state index contributed by atoms with van der Waals surface area (Å²) in [4.78, 5) is 44.9. The molecular weight excluding hydrogens is 362 g/mol. The maximum Gasteiger partial charge on any atom is 0.332 e. The maximum atomic E-state index is 12.5. The Morgan fingerprint density at radius 3 is 2.50 bits per heavy atom. The SMILES string of the molecule is Cn1c(=O)c2cc(NC(=O)c3ccc(-n4cncn4)cc3)cnc2n(C)c1=O. The number of nitrogens with one attached hydrogen (secondary N) is 1. The van der Waals surface area contributed by atoms with Crippen molar-refractivity contribution in [3.8, 4) is 5.69 Å². The highest BCUT2D eigenvalue weighted by Crippen LogP contribution is 2.14. The van der Waals surface area contributed by atoms with Gasteiger partial charge in [0.15, 0.2) is 0 Å². The number of rotatable bonds is 3. The number of amides is 1. The predicted molar refractivity (Wildman–Crippen MR) is 102 cm³/mol. The van der Waals surface area contributed by atoms with Gasteiger partial charge in [0.1, 0.15) is 18.3 Å². The third-order valence-corrected chi connectivity index (χ3v) is 4.36. The third-order valence-electron chi connectivity index (χ3n) is 4.36. The normalized spacial score (nSPS) is 10.9. The van der Waals surface area contributed by atoms with Crippen molar-refractivity contribution in [3.63, 3.8) is 0 Å². The van der Waals surface area contributed by atoms with Gasteiger partial charge in [-0.25, -0.2) is 19.4 Å². The van der Waals surface area contributed by atoms with Crippen LogP contribution in [0.1, 0.15) is 10.4 Å². The van der Waals surface area contributed by atoms with Gasteiger partial charge in [-0.3, -0.25) is 18.7 Å². The molecule has 1 amide bonds. The molecule has 0 spiro atoms. The number of hydrogen-bond acceptors (Lipinski definition) is 6. The number of anilines is 1. The zero-order valence-electron chi connectivity index (χ0n) is 15.0. The average Bonchev–Trinajstić information content (AvgIpc) is 3.25. The monoisotopic (exact) mass is 377 g/mol. The lowest BCUT2D eigenvalue weighted by Crippen LogP contribution is -2.37. The Balaban J connectivity index is 1.63. The molecule has 1 N–H and O–H groups in total. The molecule has 0 saturated carbocycles. The molecule has 0 saturated heterocycles. The average molecular weight is 377 g/mol. The molecule has 4 rings (SSSR count). The van der Waals surface area contributed by atoms with Gasteiger partial charge in [-0.15, -0.1) is 0 Å². The van der Waals surface area contributed by atoms with Crippen molar-refractivity contribution in [1.82, 2.24) is 28.9 Å². The largest absolute Gasteiger partial charge is 0.332 e. The highest BCUT2D eigenvalue weighted by atomic mass is 16.2. The van der Waals surface area contributed by atoms with E-state index in [1.165, 1.54) is 37.3 Å². The van der Waals surface area contributed by atoms with Gasteiger partial charge in [-0.05, 0) is 30.3 Å². The van der Waals surface area contributed by atoms with Crippen LogP contribution < -0.4 is 16.6 Å². The van der Waals surface area contributed by atoms with Crippen LogP contribution >= 0.6 is 0 Å². The Kier molecular flexibility index (Phi) is 4.07. The Labute approximate surface area is 157 Å². The highest BCUT2D eigenvalue weighted by molar-refractivity contribution is 6.04. The Bertz CT molecular complexity index is 1300. The first kappa shape index (κ1) is 17.3. The van der Waals surface area contributed by atoms with Gasteiger partial charge in [0, 0.05) is 19.7 Å². The van der Waals surface area contributed by atoms with Gasteiger partial charge >= 0.3 is 5.69 Å². The van der Waals surface area contributed by atoms with E-state index >= 15 is 0 Å². The van der Waals surface area contributed by atoms with Gasteiger partial charge in [-0.1, -0.05) is 0 Å². The second-order valence-corrected chi connectivity index (χ2v) is 6.14. The third kappa shape index (κ3) is 2.86. The maximum absolute atomic E-state index is 12.5. The van der Waals surface area contributed by atoms with Crippen LogP contribution in [0.15, 0.2) is 58.8 Å². The first-order valence-corrected chi connectivity index (χ1v) is 8.28. The van der Waals surface area contributed by atoms with Crippen LogP contribution in [0.3, 0.4) is 0 Å². The Morgan fingerprint density at radius 1 is 1.07 bits per heavy atom. The lowest BCUT2D eigenvalue weighted by molar-refractivity contribution is 0.102. The van der Waals surface area contributed by atoms with E-state index in [1.807, 2.05) is 0 Å². The van der Waals surface area contributed by atoms with Crippen LogP contribution in [0.25, 0.3) is 16.7 Å². The van der Waals surface area contributed by atoms with E-state index in [0.717, 1.165) is 10.3 Å². The van der Waals surface area contributed by atoms with Gasteiger partial charge in [-0.2, -0.15) is 5.10 Å². The van der Waals surface area contributed by atoms with Crippen molar-refractivity contribution in [2.45, 2.75) is 0 Å². The summed E-state index contributed by atoms with van der Waals surface area (Å²) in [6.45, 7) is 0. The quantitative estimate of drug-likeness (QED) is 0.555. The van der Waals surface area contributed by atoms with Crippen LogP contribution in [-0.4, -0.2) is 34.8 Å². The minimum absolute atomic E-state index is 0.240. The molecule has 28 heavy (non-hydrogen) atoms. The standard InChI is InChI=1S/C18H15N7O3/c1-23-15-14(17(27)24(2)18(23)28)7-12(8-20-15)22-16(26)11-3-5-13(6-4-11)25-10-19-9-21-25/h3-10H,1-2H3,(H,22,26). The zero-order chi connectivity index (χ0) is 19.8. The molecule has 0 bridgehead atoms. The molecule has 0 aliphatic heterocycles. The van der Waals surface area contributed by atoms with Crippen LogP contribution in [0.5, 0.6) is 0 Å². The van der Waals surface area contributed by atoms with E-state index < -0.39 is 11.2 Å². The molecule has 0 unspecified atom stereocenters. The first-order chi connectivity index (χ1) is 13.5. The number of hydrogen-bond donors (Lipinski definition) is 1. The smallest absolute Gasteiger partial charge is 0.321 e. The topological polar surface area (TPSA) is 117 Å². The van der Waals surface area contributed by atoms with E-state index in [0.29, 0.717) is 11.3 Å². The molecule has 0 fully saturated rings. The van der Waals surface area contributed by atoms with E-state index in [4.69, 9.17) is 0 Å². The number of pyridine rings is 1. The van der Waals surface area contributed by atoms with Gasteiger partial charge < -0.3 is 5.32 Å². The zero-order valence-corrected chi connectivity index (χ0v) is 15.0. The van der Waals surface area contributed by atoms with Crippen molar-refractivity contribution in [2.75, 3.05) is 5.32 Å². The summed E-state index contributed by atoms with van der Waals surface area (Å²) in [5, 5.41) is 6.98. The number of benzene rings is 1. The molecule has 140 valence electrons. The molecule has 0 radical (unpaired) electrons. The predicted octanol–water partition coefficient (Wildman–Crippen LogP) is 0.465.